The van der Waals surface area contributed by atoms with Crippen LogP contribution in [-0.2, 0) is 22.6 Å². The van der Waals surface area contributed by atoms with Crippen LogP contribution in [0.1, 0.15) is 11.3 Å². The molecule has 2 aromatic rings. The van der Waals surface area contributed by atoms with E-state index in [1.165, 1.54) is 10.9 Å². The summed E-state index contributed by atoms with van der Waals surface area (Å²) in [5, 5.41) is 19.3. The Morgan fingerprint density at radius 1 is 1.43 bits per heavy atom. The van der Waals surface area contributed by atoms with E-state index in [2.05, 4.69) is 15.6 Å². The van der Waals surface area contributed by atoms with Crippen LogP contribution in [0.25, 0.3) is 0 Å². The Balaban J connectivity index is 2.00. The Bertz CT molecular complexity index is 684. The number of carboxylic acids is 1. The van der Waals surface area contributed by atoms with Crippen molar-refractivity contribution in [2.24, 2.45) is 0 Å². The van der Waals surface area contributed by atoms with E-state index in [9.17, 15) is 9.59 Å². The minimum atomic E-state index is -0.999. The summed E-state index contributed by atoms with van der Waals surface area (Å²) in [5.74, 6) is -1.30. The molecule has 0 bridgehead atoms. The molecule has 0 aliphatic rings. The number of carbonyl (C=O) groups is 2. The molecule has 1 heterocycles. The lowest BCUT2D eigenvalue weighted by Crippen LogP contribution is -2.19. The molecule has 0 saturated carbocycles. The van der Waals surface area contributed by atoms with Crippen molar-refractivity contribution >= 4 is 29.2 Å². The summed E-state index contributed by atoms with van der Waals surface area (Å²) in [5.41, 5.74) is 1.70. The number of anilines is 1. The van der Waals surface area contributed by atoms with Gasteiger partial charge in [0.2, 0.25) is 5.91 Å². The molecule has 110 valence electrons. The number of hydrogen-bond acceptors (Lipinski definition) is 4. The van der Waals surface area contributed by atoms with Gasteiger partial charge >= 0.3 is 5.97 Å². The topological polar surface area (TPSA) is 97.1 Å². The normalized spacial score (nSPS) is 10.4. The van der Waals surface area contributed by atoms with Gasteiger partial charge in [-0.05, 0) is 24.6 Å². The summed E-state index contributed by atoms with van der Waals surface area (Å²) in [6.07, 6.45) is 1.20. The van der Waals surface area contributed by atoms with Crippen LogP contribution in [0.5, 0.6) is 0 Å². The zero-order valence-corrected chi connectivity index (χ0v) is 12.0. The molecule has 1 aromatic carbocycles. The van der Waals surface area contributed by atoms with Crippen LogP contribution in [0.4, 0.5) is 5.69 Å². The van der Waals surface area contributed by atoms with E-state index in [1.807, 2.05) is 0 Å². The zero-order valence-electron chi connectivity index (χ0n) is 11.2. The molecule has 0 radical (unpaired) electrons. The molecule has 7 nitrogen and oxygen atoms in total. The second-order valence-electron chi connectivity index (χ2n) is 4.44. The van der Waals surface area contributed by atoms with E-state index >= 15 is 0 Å². The highest BCUT2D eigenvalue weighted by Gasteiger charge is 2.10. The Morgan fingerprint density at radius 2 is 2.19 bits per heavy atom. The lowest BCUT2D eigenvalue weighted by molar-refractivity contribution is -0.136. The maximum Gasteiger partial charge on any atom is 0.309 e. The van der Waals surface area contributed by atoms with Gasteiger partial charge < -0.3 is 10.4 Å². The number of aliphatic carboxylic acids is 1. The van der Waals surface area contributed by atoms with E-state index in [-0.39, 0.29) is 18.9 Å². The van der Waals surface area contributed by atoms with E-state index in [0.717, 1.165) is 5.56 Å². The SMILES string of the molecule is Cc1c(Cl)cccc1NC(=O)Cn1cc(CC(=O)O)nn1. The molecule has 21 heavy (non-hydrogen) atoms. The Labute approximate surface area is 125 Å². The number of hydrogen-bond donors (Lipinski definition) is 2. The summed E-state index contributed by atoms with van der Waals surface area (Å²) in [6, 6.07) is 5.23. The lowest BCUT2D eigenvalue weighted by atomic mass is 10.2. The molecule has 1 aromatic heterocycles. The van der Waals surface area contributed by atoms with Gasteiger partial charge in [0, 0.05) is 16.9 Å². The number of amides is 1. The number of halogens is 1. The lowest BCUT2D eigenvalue weighted by Gasteiger charge is -2.09. The van der Waals surface area contributed by atoms with Crippen molar-refractivity contribution in [2.45, 2.75) is 19.9 Å². The number of aromatic nitrogens is 3. The highest BCUT2D eigenvalue weighted by molar-refractivity contribution is 6.31. The van der Waals surface area contributed by atoms with Gasteiger partial charge in [0.15, 0.2) is 0 Å². The van der Waals surface area contributed by atoms with Crippen molar-refractivity contribution in [3.63, 3.8) is 0 Å². The number of carbonyl (C=O) groups excluding carboxylic acids is 1. The predicted molar refractivity (Wildman–Crippen MR) is 76.2 cm³/mol. The zero-order chi connectivity index (χ0) is 15.4. The second-order valence-corrected chi connectivity index (χ2v) is 4.85. The number of nitrogens with zero attached hydrogens (tertiary/aromatic N) is 3. The molecule has 8 heteroatoms. The van der Waals surface area contributed by atoms with Crippen molar-refractivity contribution < 1.29 is 14.7 Å². The molecule has 0 atom stereocenters. The van der Waals surface area contributed by atoms with Crippen LogP contribution < -0.4 is 5.32 Å². The van der Waals surface area contributed by atoms with Crippen LogP contribution in [0, 0.1) is 6.92 Å². The molecule has 2 rings (SSSR count). The first-order valence-electron chi connectivity index (χ1n) is 6.11. The summed E-state index contributed by atoms with van der Waals surface area (Å²) < 4.78 is 1.29. The fraction of sp³-hybridized carbons (Fsp3) is 0.231. The average molecular weight is 309 g/mol. The van der Waals surface area contributed by atoms with Gasteiger partial charge in [-0.15, -0.1) is 5.10 Å². The smallest absolute Gasteiger partial charge is 0.309 e. The Morgan fingerprint density at radius 3 is 2.90 bits per heavy atom. The molecule has 0 saturated heterocycles. The Kier molecular flexibility index (Phi) is 4.54. The molecule has 1 amide bonds. The number of benzene rings is 1. The number of rotatable bonds is 5. The Hall–Kier alpha value is -2.41. The first kappa shape index (κ1) is 15.0. The van der Waals surface area contributed by atoms with Crippen LogP contribution in [0.2, 0.25) is 5.02 Å². The highest BCUT2D eigenvalue weighted by atomic mass is 35.5. The third-order valence-electron chi connectivity index (χ3n) is 2.77. The predicted octanol–water partition coefficient (Wildman–Crippen LogP) is 1.51. The molecule has 2 N–H and O–H groups in total. The number of carboxylic acid groups (broad SMARTS) is 1. The van der Waals surface area contributed by atoms with E-state index in [0.29, 0.717) is 16.4 Å². The molecule has 0 aliphatic carbocycles. The van der Waals surface area contributed by atoms with Gasteiger partial charge in [0.1, 0.15) is 6.54 Å². The van der Waals surface area contributed by atoms with Crippen LogP contribution >= 0.6 is 11.6 Å². The molecule has 0 aliphatic heterocycles. The van der Waals surface area contributed by atoms with Gasteiger partial charge in [-0.1, -0.05) is 22.9 Å². The molecule has 0 unspecified atom stereocenters. The van der Waals surface area contributed by atoms with Crippen molar-refractivity contribution in [1.29, 1.82) is 0 Å². The summed E-state index contributed by atoms with van der Waals surface area (Å²) in [7, 11) is 0. The third-order valence-corrected chi connectivity index (χ3v) is 3.18. The molecular weight excluding hydrogens is 296 g/mol. The first-order valence-corrected chi connectivity index (χ1v) is 6.49. The molecule has 0 fully saturated rings. The van der Waals surface area contributed by atoms with Gasteiger partial charge in [-0.2, -0.15) is 0 Å². The van der Waals surface area contributed by atoms with Crippen LogP contribution in [-0.4, -0.2) is 32.0 Å². The fourth-order valence-corrected chi connectivity index (χ4v) is 1.91. The number of nitrogens with one attached hydrogen (secondary N) is 1. The minimum Gasteiger partial charge on any atom is -0.481 e. The standard InChI is InChI=1S/C13H13ClN4O3/c1-8-10(14)3-2-4-11(8)15-12(19)7-18-6-9(16-17-18)5-13(20)21/h2-4,6H,5,7H2,1H3,(H,15,19)(H,20,21). The minimum absolute atomic E-state index is 0.0570. The second kappa shape index (κ2) is 6.36. The third kappa shape index (κ3) is 4.03. The van der Waals surface area contributed by atoms with E-state index < -0.39 is 5.97 Å². The summed E-state index contributed by atoms with van der Waals surface area (Å²) in [6.45, 7) is 1.75. The van der Waals surface area contributed by atoms with Gasteiger partial charge in [-0.3, -0.25) is 9.59 Å². The average Bonchev–Trinajstić information content (AvgIpc) is 2.81. The van der Waals surface area contributed by atoms with E-state index in [1.54, 1.807) is 25.1 Å². The quantitative estimate of drug-likeness (QED) is 0.872. The van der Waals surface area contributed by atoms with Crippen LogP contribution in [0.3, 0.4) is 0 Å². The monoisotopic (exact) mass is 308 g/mol. The van der Waals surface area contributed by atoms with Crippen molar-refractivity contribution in [2.75, 3.05) is 5.32 Å². The largest absolute Gasteiger partial charge is 0.481 e. The maximum absolute atomic E-state index is 11.9. The van der Waals surface area contributed by atoms with Gasteiger partial charge in [0.25, 0.3) is 0 Å². The van der Waals surface area contributed by atoms with Gasteiger partial charge in [-0.25, -0.2) is 4.68 Å². The fourth-order valence-electron chi connectivity index (χ4n) is 1.73. The summed E-state index contributed by atoms with van der Waals surface area (Å²) >= 11 is 5.97. The van der Waals surface area contributed by atoms with E-state index in [4.69, 9.17) is 16.7 Å². The van der Waals surface area contributed by atoms with Crippen molar-refractivity contribution in [1.82, 2.24) is 15.0 Å². The molecular formula is C13H13ClN4O3. The first-order chi connectivity index (χ1) is 9.95. The van der Waals surface area contributed by atoms with Crippen LogP contribution in [0.15, 0.2) is 24.4 Å². The maximum atomic E-state index is 11.9. The highest BCUT2D eigenvalue weighted by Crippen LogP contribution is 2.22. The van der Waals surface area contributed by atoms with Gasteiger partial charge in [0.05, 0.1) is 12.1 Å². The molecule has 0 spiro atoms. The van der Waals surface area contributed by atoms with Crippen molar-refractivity contribution in [3.8, 4) is 0 Å². The summed E-state index contributed by atoms with van der Waals surface area (Å²) in [4.78, 5) is 22.5. The van der Waals surface area contributed by atoms with Crippen molar-refractivity contribution in [3.05, 3.63) is 40.7 Å².